The number of amides is 1. The molecule has 4 N–H and O–H groups in total. The molecule has 1 saturated carbocycles. The standard InChI is InChI=1S/C55H89NO15/c1-11-68-25-26-69-45-23-21-40(29-48(45)67-10)28-35(4)47-31-44(58)38(7)50(60)39(8)51(61)42(32-57)49(59)36(5)27-33(2)17-13-12-14-18-34(3)46(66-9)30-41-22-20-37(6)55(65,71-41)52(62)53(63)56-24-16-15-19-43(56)54(64)70-47/h12-14,17-18,32-33,35-43,45-48,50-52,60-62,65H,11,15-16,19-31H2,1-10H3/b14-12+,17-13+,34-18+. The molecule has 1 amide bonds. The first kappa shape index (κ1) is 60.4. The number of piperidine rings is 1. The lowest BCUT2D eigenvalue weighted by Gasteiger charge is -2.46. The quantitative estimate of drug-likeness (QED) is 0.0821. The Morgan fingerprint density at radius 3 is 2.28 bits per heavy atom. The highest BCUT2D eigenvalue weighted by Gasteiger charge is 2.53. The van der Waals surface area contributed by atoms with Crippen LogP contribution < -0.4 is 0 Å². The first-order valence-corrected chi connectivity index (χ1v) is 26.5. The van der Waals surface area contributed by atoms with Crippen LogP contribution >= 0.6 is 0 Å². The summed E-state index contributed by atoms with van der Waals surface area (Å²) in [4.78, 5) is 70.8. The zero-order chi connectivity index (χ0) is 52.6. The maximum atomic E-state index is 14.6. The number of ketones is 2. The molecule has 2 bridgehead atoms. The number of Topliss-reactive ketones (excluding diaryl/α,β-unsaturated/α-hetero) is 2. The van der Waals surface area contributed by atoms with Crippen molar-refractivity contribution in [2.45, 2.75) is 193 Å². The van der Waals surface area contributed by atoms with Gasteiger partial charge < -0.3 is 58.5 Å². The zero-order valence-corrected chi connectivity index (χ0v) is 44.3. The molecule has 3 fully saturated rings. The van der Waals surface area contributed by atoms with Crippen LogP contribution in [-0.2, 0) is 52.4 Å². The van der Waals surface area contributed by atoms with Gasteiger partial charge in [-0.05, 0) is 101 Å². The second kappa shape index (κ2) is 29.0. The molecule has 16 nitrogen and oxygen atoms in total. The van der Waals surface area contributed by atoms with Gasteiger partial charge in [0.2, 0.25) is 5.79 Å². The number of cyclic esters (lactones) is 1. The van der Waals surface area contributed by atoms with Crippen LogP contribution in [0.2, 0.25) is 0 Å². The van der Waals surface area contributed by atoms with Gasteiger partial charge in [-0.2, -0.15) is 0 Å². The first-order valence-electron chi connectivity index (χ1n) is 26.5. The fourth-order valence-corrected chi connectivity index (χ4v) is 11.2. The van der Waals surface area contributed by atoms with Crippen LogP contribution in [0.3, 0.4) is 0 Å². The number of methoxy groups -OCH3 is 2. The average Bonchev–Trinajstić information content (AvgIpc) is 3.36. The second-order valence-electron chi connectivity index (χ2n) is 21.3. The highest BCUT2D eigenvalue weighted by molar-refractivity contribution is 5.95. The van der Waals surface area contributed by atoms with E-state index in [0.29, 0.717) is 77.5 Å². The van der Waals surface area contributed by atoms with E-state index in [9.17, 15) is 44.4 Å². The Morgan fingerprint density at radius 2 is 1.61 bits per heavy atom. The molecule has 0 aromatic carbocycles. The monoisotopic (exact) mass is 1000 g/mol. The number of allylic oxidation sites excluding steroid dienone is 5. The second-order valence-corrected chi connectivity index (χ2v) is 21.3. The van der Waals surface area contributed by atoms with E-state index in [1.807, 2.05) is 58.1 Å². The zero-order valence-electron chi connectivity index (χ0n) is 44.3. The van der Waals surface area contributed by atoms with Gasteiger partial charge in [0.15, 0.2) is 6.10 Å². The van der Waals surface area contributed by atoms with Gasteiger partial charge in [0.1, 0.15) is 30.0 Å². The fraction of sp³-hybridized carbons (Fsp3) is 0.800. The molecule has 4 aliphatic rings. The molecule has 1 aliphatic carbocycles. The van der Waals surface area contributed by atoms with Gasteiger partial charge in [-0.15, -0.1) is 0 Å². The number of aliphatic hydroxyl groups excluding tert-OH is 3. The Balaban J connectivity index is 1.68. The summed E-state index contributed by atoms with van der Waals surface area (Å²) in [6.45, 7) is 15.7. The number of hydrogen-bond donors (Lipinski definition) is 4. The van der Waals surface area contributed by atoms with E-state index in [2.05, 4.69) is 0 Å². The number of esters is 1. The van der Waals surface area contributed by atoms with Crippen molar-refractivity contribution < 1.29 is 72.8 Å². The largest absolute Gasteiger partial charge is 0.460 e. The average molecular weight is 1000 g/mol. The van der Waals surface area contributed by atoms with E-state index >= 15 is 0 Å². The van der Waals surface area contributed by atoms with Crippen molar-refractivity contribution in [3.63, 3.8) is 0 Å². The number of aldehydes is 1. The van der Waals surface area contributed by atoms with Crippen LogP contribution in [0.4, 0.5) is 0 Å². The molecule has 404 valence electrons. The topological polar surface area (TPSA) is 225 Å². The molecule has 0 aromatic rings. The third-order valence-electron chi connectivity index (χ3n) is 16.0. The lowest BCUT2D eigenvalue weighted by molar-refractivity contribution is -0.317. The summed E-state index contributed by atoms with van der Waals surface area (Å²) in [5.41, 5.74) is 0.872. The number of nitrogens with zero attached hydrogens (tertiary/aromatic N) is 1. The van der Waals surface area contributed by atoms with Gasteiger partial charge in [-0.25, -0.2) is 4.79 Å². The van der Waals surface area contributed by atoms with Crippen molar-refractivity contribution in [1.29, 1.82) is 0 Å². The summed E-state index contributed by atoms with van der Waals surface area (Å²) in [6.07, 6.45) is 7.87. The molecule has 2 saturated heterocycles. The summed E-state index contributed by atoms with van der Waals surface area (Å²) in [5.74, 6) is -10.0. The summed E-state index contributed by atoms with van der Waals surface area (Å²) < 4.78 is 35.9. The molecule has 71 heavy (non-hydrogen) atoms. The van der Waals surface area contributed by atoms with E-state index in [-0.39, 0.29) is 43.4 Å². The van der Waals surface area contributed by atoms with Crippen LogP contribution in [0.5, 0.6) is 0 Å². The highest BCUT2D eigenvalue weighted by Crippen LogP contribution is 2.39. The Bertz CT molecular complexity index is 1800. The lowest BCUT2D eigenvalue weighted by atomic mass is 9.76. The van der Waals surface area contributed by atoms with E-state index in [1.54, 1.807) is 28.1 Å². The molecule has 18 atom stereocenters. The SMILES string of the molecule is CCOCCOC1CCC(CC(C)C2CC(=O)C(C)C(O)C(C)C(O)C(C=O)C(=O)C(C)CC(C)/C=C/C=C/C=C(\C)C(OC)CC3CCC(C)C(O)(O3)C(O)C(=O)N3CCCCC3C(=O)O2)CC1OC. The molecule has 0 aromatic heterocycles. The molecule has 3 heterocycles. The van der Waals surface area contributed by atoms with Gasteiger partial charge >= 0.3 is 5.97 Å². The number of hydrogen-bond acceptors (Lipinski definition) is 15. The highest BCUT2D eigenvalue weighted by atomic mass is 16.6. The summed E-state index contributed by atoms with van der Waals surface area (Å²) in [7, 11) is 3.23. The van der Waals surface area contributed by atoms with Crippen molar-refractivity contribution in [1.82, 2.24) is 4.90 Å². The van der Waals surface area contributed by atoms with Crippen molar-refractivity contribution in [3.8, 4) is 0 Å². The minimum atomic E-state index is -2.27. The van der Waals surface area contributed by atoms with Gasteiger partial charge in [-0.1, -0.05) is 71.9 Å². The number of carbonyl (C=O) groups is 5. The molecule has 16 heteroatoms. The minimum absolute atomic E-state index is 0.0742. The van der Waals surface area contributed by atoms with E-state index in [0.717, 1.165) is 18.4 Å². The summed E-state index contributed by atoms with van der Waals surface area (Å²) >= 11 is 0. The van der Waals surface area contributed by atoms with Crippen molar-refractivity contribution in [3.05, 3.63) is 36.0 Å². The molecule has 4 rings (SSSR count). The van der Waals surface area contributed by atoms with Gasteiger partial charge in [0.25, 0.3) is 5.91 Å². The molecule has 18 unspecified atom stereocenters. The van der Waals surface area contributed by atoms with Crippen LogP contribution in [-0.4, -0.2) is 156 Å². The normalized spacial score (nSPS) is 40.4. The summed E-state index contributed by atoms with van der Waals surface area (Å²) in [5, 5.41) is 47.1. The van der Waals surface area contributed by atoms with Crippen molar-refractivity contribution in [2.75, 3.05) is 40.6 Å². The Hall–Kier alpha value is -3.19. The number of fused-ring (bicyclic) bond motifs is 3. The van der Waals surface area contributed by atoms with E-state index < -0.39 is 107 Å². The van der Waals surface area contributed by atoms with Crippen molar-refractivity contribution >= 4 is 29.7 Å². The first-order chi connectivity index (χ1) is 33.7. The van der Waals surface area contributed by atoms with E-state index in [4.69, 9.17) is 28.4 Å². The number of ether oxygens (including phenoxy) is 6. The molecular formula is C55H89NO15. The predicted molar refractivity (Wildman–Crippen MR) is 267 cm³/mol. The smallest absolute Gasteiger partial charge is 0.329 e. The number of carbonyl (C=O) groups excluding carboxylic acids is 5. The van der Waals surface area contributed by atoms with Crippen molar-refractivity contribution in [2.24, 2.45) is 47.3 Å². The Labute approximate surface area is 423 Å². The Kier molecular flexibility index (Phi) is 24.7. The maximum absolute atomic E-state index is 14.6. The maximum Gasteiger partial charge on any atom is 0.329 e. The molecule has 3 aliphatic heterocycles. The Morgan fingerprint density at radius 1 is 0.873 bits per heavy atom. The number of aliphatic hydroxyl groups is 4. The van der Waals surface area contributed by atoms with Crippen LogP contribution in [0.1, 0.15) is 132 Å². The third-order valence-corrected chi connectivity index (χ3v) is 16.0. The minimum Gasteiger partial charge on any atom is -0.460 e. The lowest BCUT2D eigenvalue weighted by Crippen LogP contribution is -2.63. The van der Waals surface area contributed by atoms with Gasteiger partial charge in [0, 0.05) is 63.9 Å². The van der Waals surface area contributed by atoms with Crippen LogP contribution in [0.15, 0.2) is 36.0 Å². The van der Waals surface area contributed by atoms with Gasteiger partial charge in [0.05, 0.1) is 55.8 Å². The molecular weight excluding hydrogens is 915 g/mol. The molecule has 0 radical (unpaired) electrons. The number of rotatable bonds is 11. The fourth-order valence-electron chi connectivity index (χ4n) is 11.2. The van der Waals surface area contributed by atoms with Crippen LogP contribution in [0.25, 0.3) is 0 Å². The van der Waals surface area contributed by atoms with Gasteiger partial charge in [-0.3, -0.25) is 14.4 Å². The molecule has 0 spiro atoms. The van der Waals surface area contributed by atoms with Crippen LogP contribution in [0, 0.1) is 47.3 Å². The van der Waals surface area contributed by atoms with E-state index in [1.165, 1.54) is 18.7 Å². The third kappa shape index (κ3) is 16.4. The predicted octanol–water partition coefficient (Wildman–Crippen LogP) is 5.88. The summed E-state index contributed by atoms with van der Waals surface area (Å²) in [6, 6.07) is -1.14.